The lowest BCUT2D eigenvalue weighted by Crippen LogP contribution is -2.62. The third-order valence-corrected chi connectivity index (χ3v) is 7.59. The summed E-state index contributed by atoms with van der Waals surface area (Å²) in [7, 11) is 0. The topological polar surface area (TPSA) is 60.7 Å². The minimum Gasteiger partial charge on any atom is -0.396 e. The average Bonchev–Trinajstić information content (AvgIpc) is 2.52. The summed E-state index contributed by atoms with van der Waals surface area (Å²) in [6, 6.07) is 0. The summed E-state index contributed by atoms with van der Waals surface area (Å²) in [4.78, 5) is 0. The van der Waals surface area contributed by atoms with Crippen LogP contribution in [0.4, 0.5) is 0 Å². The molecule has 0 aromatic heterocycles. The third-order valence-electron chi connectivity index (χ3n) is 7.59. The van der Waals surface area contributed by atoms with E-state index in [2.05, 4.69) is 32.6 Å². The van der Waals surface area contributed by atoms with Gasteiger partial charge in [0.1, 0.15) is 0 Å². The summed E-state index contributed by atoms with van der Waals surface area (Å²) in [6.07, 6.45) is 7.64. The monoisotopic (exact) mass is 320 g/mol. The van der Waals surface area contributed by atoms with Crippen LogP contribution in [0.5, 0.6) is 0 Å². The highest BCUT2D eigenvalue weighted by Gasteiger charge is 2.60. The zero-order chi connectivity index (χ0) is 17.0. The molecule has 0 spiro atoms. The molecule has 7 atom stereocenters. The van der Waals surface area contributed by atoms with Gasteiger partial charge in [0.2, 0.25) is 0 Å². The molecule has 130 valence electrons. The lowest BCUT2D eigenvalue weighted by molar-refractivity contribution is -0.196. The van der Waals surface area contributed by atoms with E-state index in [4.69, 9.17) is 0 Å². The molecular weight excluding hydrogens is 288 g/mol. The molecule has 0 radical (unpaired) electrons. The molecule has 0 aromatic carbocycles. The van der Waals surface area contributed by atoms with Crippen molar-refractivity contribution < 1.29 is 15.3 Å². The zero-order valence-electron chi connectivity index (χ0n) is 14.8. The number of aliphatic hydroxyl groups is 3. The van der Waals surface area contributed by atoms with Crippen LogP contribution in [0.25, 0.3) is 0 Å². The van der Waals surface area contributed by atoms with E-state index < -0.39 is 17.6 Å². The van der Waals surface area contributed by atoms with Crippen LogP contribution in [-0.4, -0.2) is 34.1 Å². The van der Waals surface area contributed by atoms with E-state index in [0.29, 0.717) is 12.3 Å². The second kappa shape index (κ2) is 5.44. The largest absolute Gasteiger partial charge is 0.396 e. The molecule has 0 heterocycles. The second-order valence-electron chi connectivity index (χ2n) is 9.08. The Morgan fingerprint density at radius 1 is 1.30 bits per heavy atom. The van der Waals surface area contributed by atoms with Crippen LogP contribution in [0.3, 0.4) is 0 Å². The molecule has 0 aliphatic heterocycles. The van der Waals surface area contributed by atoms with Crippen LogP contribution in [0, 0.1) is 28.1 Å². The van der Waals surface area contributed by atoms with Gasteiger partial charge in [-0.1, -0.05) is 38.5 Å². The number of allylic oxidation sites excluding steroid dienone is 3. The first-order valence-electron chi connectivity index (χ1n) is 9.00. The van der Waals surface area contributed by atoms with E-state index in [0.717, 1.165) is 25.7 Å². The van der Waals surface area contributed by atoms with Gasteiger partial charge in [0.05, 0.1) is 18.8 Å². The quantitative estimate of drug-likeness (QED) is 0.685. The molecule has 23 heavy (non-hydrogen) atoms. The third kappa shape index (κ3) is 2.35. The Hall–Kier alpha value is -0.640. The minimum atomic E-state index is -0.845. The van der Waals surface area contributed by atoms with Gasteiger partial charge in [-0.3, -0.25) is 0 Å². The summed E-state index contributed by atoms with van der Waals surface area (Å²) < 4.78 is 0. The maximum atomic E-state index is 10.5. The Balaban J connectivity index is 2.00. The van der Waals surface area contributed by atoms with Crippen molar-refractivity contribution in [3.8, 4) is 0 Å². The molecule has 2 fully saturated rings. The highest BCUT2D eigenvalue weighted by atomic mass is 16.3. The number of aliphatic hydroxyl groups excluding tert-OH is 3. The van der Waals surface area contributed by atoms with Gasteiger partial charge < -0.3 is 15.3 Å². The Bertz CT molecular complexity index is 527. The van der Waals surface area contributed by atoms with Crippen molar-refractivity contribution in [3.05, 3.63) is 24.3 Å². The fourth-order valence-electron chi connectivity index (χ4n) is 5.98. The minimum absolute atomic E-state index is 0.0529. The van der Waals surface area contributed by atoms with Crippen LogP contribution in [0.2, 0.25) is 0 Å². The van der Waals surface area contributed by atoms with Crippen molar-refractivity contribution >= 4 is 0 Å². The molecule has 3 heteroatoms. The van der Waals surface area contributed by atoms with Crippen LogP contribution in [0.1, 0.15) is 52.9 Å². The van der Waals surface area contributed by atoms with Gasteiger partial charge in [-0.25, -0.2) is 0 Å². The van der Waals surface area contributed by atoms with E-state index >= 15 is 0 Å². The Labute approximate surface area is 140 Å². The first-order chi connectivity index (χ1) is 10.7. The van der Waals surface area contributed by atoms with E-state index in [1.807, 2.05) is 6.92 Å². The predicted molar refractivity (Wildman–Crippen MR) is 91.8 cm³/mol. The molecule has 3 nitrogen and oxygen atoms in total. The average molecular weight is 320 g/mol. The SMILES string of the molecule is C=C[C@]1(C)CC[C@H]2C(=CC[C@@H]3[C@]2(C)CC(O)C(O)[C@@]3(C)CO)C1. The van der Waals surface area contributed by atoms with Gasteiger partial charge in [-0.2, -0.15) is 0 Å². The van der Waals surface area contributed by atoms with Crippen molar-refractivity contribution in [2.45, 2.75) is 65.1 Å². The molecule has 3 N–H and O–H groups in total. The lowest BCUT2D eigenvalue weighted by Gasteiger charge is -2.61. The van der Waals surface area contributed by atoms with Crippen LogP contribution in [0.15, 0.2) is 24.3 Å². The summed E-state index contributed by atoms with van der Waals surface area (Å²) in [5.74, 6) is 0.655. The summed E-state index contributed by atoms with van der Waals surface area (Å²) >= 11 is 0. The Kier molecular flexibility index (Phi) is 4.06. The first kappa shape index (κ1) is 17.2. The molecule has 2 saturated carbocycles. The van der Waals surface area contributed by atoms with Gasteiger partial charge >= 0.3 is 0 Å². The standard InChI is InChI=1S/C20H32O3/c1-5-18(2)9-8-14-13(10-18)6-7-16-19(14,3)11-15(22)17(23)20(16,4)12-21/h5-6,14-17,21-23H,1,7-12H2,2-4H3/t14-,15?,16+,17?,18+,19+,20-/m0/s1. The Morgan fingerprint density at radius 2 is 2.00 bits per heavy atom. The molecule has 2 unspecified atom stereocenters. The number of hydrogen-bond acceptors (Lipinski definition) is 3. The number of rotatable bonds is 2. The smallest absolute Gasteiger partial charge is 0.0877 e. The maximum absolute atomic E-state index is 10.5. The summed E-state index contributed by atoms with van der Waals surface area (Å²) in [5, 5.41) is 31.0. The maximum Gasteiger partial charge on any atom is 0.0877 e. The van der Waals surface area contributed by atoms with Crippen LogP contribution < -0.4 is 0 Å². The van der Waals surface area contributed by atoms with Crippen molar-refractivity contribution in [3.63, 3.8) is 0 Å². The van der Waals surface area contributed by atoms with Gasteiger partial charge in [-0.05, 0) is 54.8 Å². The van der Waals surface area contributed by atoms with Crippen LogP contribution in [-0.2, 0) is 0 Å². The number of fused-ring (bicyclic) bond motifs is 3. The van der Waals surface area contributed by atoms with Crippen LogP contribution >= 0.6 is 0 Å². The molecule has 0 bridgehead atoms. The summed E-state index contributed by atoms with van der Waals surface area (Å²) in [6.45, 7) is 10.4. The van der Waals surface area contributed by atoms with E-state index in [-0.39, 0.29) is 23.4 Å². The highest BCUT2D eigenvalue weighted by Crippen LogP contribution is 2.63. The zero-order valence-corrected chi connectivity index (χ0v) is 14.8. The fourth-order valence-corrected chi connectivity index (χ4v) is 5.98. The van der Waals surface area contributed by atoms with E-state index in [9.17, 15) is 15.3 Å². The van der Waals surface area contributed by atoms with Gasteiger partial charge in [0.15, 0.2) is 0 Å². The predicted octanol–water partition coefficient (Wildman–Crippen LogP) is 3.06. The molecule has 3 aliphatic rings. The molecular formula is C20H32O3. The summed E-state index contributed by atoms with van der Waals surface area (Å²) in [5.41, 5.74) is 0.996. The van der Waals surface area contributed by atoms with Gasteiger partial charge in [0, 0.05) is 5.41 Å². The molecule has 0 amide bonds. The van der Waals surface area contributed by atoms with Crippen molar-refractivity contribution in [1.82, 2.24) is 0 Å². The highest BCUT2D eigenvalue weighted by molar-refractivity contribution is 5.26. The fraction of sp³-hybridized carbons (Fsp3) is 0.800. The molecule has 3 rings (SSSR count). The van der Waals surface area contributed by atoms with Crippen molar-refractivity contribution in [2.75, 3.05) is 6.61 Å². The van der Waals surface area contributed by atoms with Crippen molar-refractivity contribution in [2.24, 2.45) is 28.1 Å². The molecule has 0 aromatic rings. The van der Waals surface area contributed by atoms with Gasteiger partial charge in [-0.15, -0.1) is 6.58 Å². The second-order valence-corrected chi connectivity index (χ2v) is 9.08. The normalized spacial score (nSPS) is 53.0. The Morgan fingerprint density at radius 3 is 2.61 bits per heavy atom. The van der Waals surface area contributed by atoms with E-state index in [1.165, 1.54) is 5.57 Å². The van der Waals surface area contributed by atoms with E-state index in [1.54, 1.807) is 0 Å². The molecule has 3 aliphatic carbocycles. The lowest BCUT2D eigenvalue weighted by atomic mass is 9.44. The number of hydrogen-bond donors (Lipinski definition) is 3. The first-order valence-corrected chi connectivity index (χ1v) is 9.00. The van der Waals surface area contributed by atoms with Crippen molar-refractivity contribution in [1.29, 1.82) is 0 Å². The van der Waals surface area contributed by atoms with Gasteiger partial charge in [0.25, 0.3) is 0 Å². The molecule has 0 saturated heterocycles.